The largest absolute Gasteiger partial charge is 0.506 e. The monoisotopic (exact) mass is 302 g/mol. The molecular weight excluding hydrogens is 288 g/mol. The van der Waals surface area contributed by atoms with E-state index in [9.17, 15) is 15.2 Å². The first-order valence-corrected chi connectivity index (χ1v) is 7.16. The molecule has 23 heavy (non-hydrogen) atoms. The molecule has 1 aliphatic carbocycles. The van der Waals surface area contributed by atoms with E-state index in [2.05, 4.69) is 4.99 Å². The quantitative estimate of drug-likeness (QED) is 0.850. The molecule has 0 spiro atoms. The minimum absolute atomic E-state index is 0.0344. The second-order valence-corrected chi connectivity index (χ2v) is 5.52. The summed E-state index contributed by atoms with van der Waals surface area (Å²) in [6.45, 7) is 3.87. The van der Waals surface area contributed by atoms with E-state index in [-0.39, 0.29) is 22.8 Å². The van der Waals surface area contributed by atoms with Gasteiger partial charge in [0.15, 0.2) is 11.5 Å². The lowest BCUT2D eigenvalue weighted by Crippen LogP contribution is -2.08. The van der Waals surface area contributed by atoms with E-state index < -0.39 is 0 Å². The van der Waals surface area contributed by atoms with Gasteiger partial charge in [0.05, 0.1) is 5.69 Å². The van der Waals surface area contributed by atoms with E-state index in [1.165, 1.54) is 0 Å². The van der Waals surface area contributed by atoms with Crippen LogP contribution in [-0.2, 0) is 0 Å². The third-order valence-corrected chi connectivity index (χ3v) is 3.68. The minimum Gasteiger partial charge on any atom is -0.506 e. The van der Waals surface area contributed by atoms with Crippen LogP contribution in [0.2, 0.25) is 0 Å². The lowest BCUT2D eigenvalue weighted by molar-refractivity contribution is 0.104. The number of allylic oxidation sites excluding steroid dienone is 1. The van der Waals surface area contributed by atoms with E-state index >= 15 is 0 Å². The highest BCUT2D eigenvalue weighted by Gasteiger charge is 2.32. The fourth-order valence-corrected chi connectivity index (χ4v) is 2.77. The maximum Gasteiger partial charge on any atom is 0.200 e. The van der Waals surface area contributed by atoms with Gasteiger partial charge in [-0.15, -0.1) is 0 Å². The molecular formula is C19H14N2O2. The van der Waals surface area contributed by atoms with Crippen LogP contribution >= 0.6 is 0 Å². The van der Waals surface area contributed by atoms with Crippen molar-refractivity contribution in [2.75, 3.05) is 0 Å². The number of hydrogen-bond acceptors (Lipinski definition) is 4. The first-order valence-electron chi connectivity index (χ1n) is 7.16. The van der Waals surface area contributed by atoms with Gasteiger partial charge in [0, 0.05) is 11.1 Å². The molecule has 0 amide bonds. The summed E-state index contributed by atoms with van der Waals surface area (Å²) in [6.07, 6.45) is 0. The topological polar surface area (TPSA) is 73.4 Å². The highest BCUT2D eigenvalue weighted by Crippen LogP contribution is 2.32. The van der Waals surface area contributed by atoms with Crippen molar-refractivity contribution in [2.24, 2.45) is 4.99 Å². The Morgan fingerprint density at radius 3 is 2.26 bits per heavy atom. The number of aliphatic hydroxyl groups is 1. The normalized spacial score (nSPS) is 14.0. The van der Waals surface area contributed by atoms with Crippen LogP contribution in [0.4, 0.5) is 5.69 Å². The van der Waals surface area contributed by atoms with Gasteiger partial charge in [-0.05, 0) is 37.1 Å². The summed E-state index contributed by atoms with van der Waals surface area (Å²) < 4.78 is 0. The molecule has 1 N–H and O–H groups in total. The van der Waals surface area contributed by atoms with Gasteiger partial charge in [-0.25, -0.2) is 4.99 Å². The first-order chi connectivity index (χ1) is 11.0. The molecule has 0 atom stereocenters. The van der Waals surface area contributed by atoms with E-state index in [0.29, 0.717) is 16.8 Å². The van der Waals surface area contributed by atoms with Crippen molar-refractivity contribution >= 4 is 22.9 Å². The Morgan fingerprint density at radius 1 is 1.09 bits per heavy atom. The van der Waals surface area contributed by atoms with Crippen molar-refractivity contribution in [3.05, 3.63) is 70.3 Å². The Bertz CT molecular complexity index is 910. The number of aliphatic hydroxyl groups excluding tert-OH is 1. The Balaban J connectivity index is 2.13. The Morgan fingerprint density at radius 2 is 1.70 bits per heavy atom. The number of nitriles is 1. The molecule has 112 valence electrons. The van der Waals surface area contributed by atoms with E-state index in [4.69, 9.17) is 0 Å². The summed E-state index contributed by atoms with van der Waals surface area (Å²) in [5.41, 5.74) is 3.34. The molecule has 4 nitrogen and oxygen atoms in total. The first kappa shape index (κ1) is 14.7. The van der Waals surface area contributed by atoms with Crippen molar-refractivity contribution < 1.29 is 9.90 Å². The molecule has 0 bridgehead atoms. The molecule has 1 aliphatic rings. The number of aliphatic imine (C=N–C) groups is 1. The maximum atomic E-state index is 12.5. The lowest BCUT2D eigenvalue weighted by Gasteiger charge is -2.02. The fourth-order valence-electron chi connectivity index (χ4n) is 2.77. The van der Waals surface area contributed by atoms with Crippen LogP contribution in [0.5, 0.6) is 0 Å². The summed E-state index contributed by atoms with van der Waals surface area (Å²) in [7, 11) is 0. The Labute approximate surface area is 134 Å². The number of hydrogen-bond donors (Lipinski definition) is 1. The molecule has 0 radical (unpaired) electrons. The van der Waals surface area contributed by atoms with Gasteiger partial charge in [0.2, 0.25) is 0 Å². The van der Waals surface area contributed by atoms with Gasteiger partial charge in [0.1, 0.15) is 17.4 Å². The van der Waals surface area contributed by atoms with Gasteiger partial charge in [-0.3, -0.25) is 4.79 Å². The van der Waals surface area contributed by atoms with E-state index in [1.807, 2.05) is 38.1 Å². The SMILES string of the molecule is Cc1cc(C)cc(N=C(C#N)C2=C(O)c3ccccc3C2=O)c1. The van der Waals surface area contributed by atoms with Crippen molar-refractivity contribution in [3.8, 4) is 6.07 Å². The van der Waals surface area contributed by atoms with Crippen LogP contribution in [0.3, 0.4) is 0 Å². The zero-order chi connectivity index (χ0) is 16.6. The second kappa shape index (κ2) is 5.54. The molecule has 2 aromatic rings. The molecule has 0 unspecified atom stereocenters. The number of benzene rings is 2. The molecule has 0 saturated carbocycles. The average molecular weight is 302 g/mol. The summed E-state index contributed by atoms with van der Waals surface area (Å²) >= 11 is 0. The highest BCUT2D eigenvalue weighted by atomic mass is 16.3. The lowest BCUT2D eigenvalue weighted by atomic mass is 10.1. The third kappa shape index (κ3) is 2.53. The van der Waals surface area contributed by atoms with Crippen LogP contribution in [-0.4, -0.2) is 16.6 Å². The van der Waals surface area contributed by atoms with E-state index in [1.54, 1.807) is 24.3 Å². The van der Waals surface area contributed by atoms with Crippen LogP contribution < -0.4 is 0 Å². The number of nitrogens with zero attached hydrogens (tertiary/aromatic N) is 2. The van der Waals surface area contributed by atoms with Gasteiger partial charge in [-0.2, -0.15) is 5.26 Å². The third-order valence-electron chi connectivity index (χ3n) is 3.68. The van der Waals surface area contributed by atoms with Crippen molar-refractivity contribution in [1.82, 2.24) is 0 Å². The van der Waals surface area contributed by atoms with E-state index in [0.717, 1.165) is 11.1 Å². The molecule has 0 aliphatic heterocycles. The van der Waals surface area contributed by atoms with Gasteiger partial charge < -0.3 is 5.11 Å². The Kier molecular flexibility index (Phi) is 3.55. The fraction of sp³-hybridized carbons (Fsp3) is 0.105. The zero-order valence-corrected chi connectivity index (χ0v) is 12.8. The van der Waals surface area contributed by atoms with Crippen molar-refractivity contribution in [3.63, 3.8) is 0 Å². The Hall–Kier alpha value is -3.19. The smallest absolute Gasteiger partial charge is 0.200 e. The number of carbonyl (C=O) groups is 1. The molecule has 2 aromatic carbocycles. The molecule has 0 fully saturated rings. The summed E-state index contributed by atoms with van der Waals surface area (Å²) in [5.74, 6) is -0.557. The van der Waals surface area contributed by atoms with Gasteiger partial charge in [0.25, 0.3) is 0 Å². The maximum absolute atomic E-state index is 12.5. The number of rotatable bonds is 2. The molecule has 0 aromatic heterocycles. The predicted octanol–water partition coefficient (Wildman–Crippen LogP) is 4.07. The molecule has 0 heterocycles. The van der Waals surface area contributed by atoms with Crippen LogP contribution in [0, 0.1) is 25.2 Å². The summed E-state index contributed by atoms with van der Waals surface area (Å²) in [6, 6.07) is 14.3. The molecule has 3 rings (SSSR count). The van der Waals surface area contributed by atoms with Crippen molar-refractivity contribution in [1.29, 1.82) is 5.26 Å². The zero-order valence-electron chi connectivity index (χ0n) is 12.8. The van der Waals surface area contributed by atoms with Gasteiger partial charge in [-0.1, -0.05) is 30.3 Å². The number of ketones is 1. The van der Waals surface area contributed by atoms with Crippen LogP contribution in [0.25, 0.3) is 5.76 Å². The highest BCUT2D eigenvalue weighted by molar-refractivity contribution is 6.39. The van der Waals surface area contributed by atoms with Crippen LogP contribution in [0.15, 0.2) is 53.0 Å². The number of Topliss-reactive ketones (excluding diaryl/α,β-unsaturated/α-hetero) is 1. The molecule has 4 heteroatoms. The molecule has 0 saturated heterocycles. The number of carbonyl (C=O) groups excluding carboxylic acids is 1. The summed E-state index contributed by atoms with van der Waals surface area (Å²) in [4.78, 5) is 16.8. The minimum atomic E-state index is -0.372. The predicted molar refractivity (Wildman–Crippen MR) is 88.9 cm³/mol. The number of fused-ring (bicyclic) bond motifs is 1. The van der Waals surface area contributed by atoms with Gasteiger partial charge >= 0.3 is 0 Å². The number of aryl methyl sites for hydroxylation is 2. The average Bonchev–Trinajstić information content (AvgIpc) is 2.76. The van der Waals surface area contributed by atoms with Crippen LogP contribution in [0.1, 0.15) is 27.0 Å². The second-order valence-electron chi connectivity index (χ2n) is 5.52. The van der Waals surface area contributed by atoms with Crippen molar-refractivity contribution in [2.45, 2.75) is 13.8 Å². The summed E-state index contributed by atoms with van der Waals surface area (Å²) in [5, 5.41) is 19.7. The standard InChI is InChI=1S/C19H14N2O2/c1-11-7-12(2)9-13(8-11)21-16(10-20)17-18(22)14-5-3-4-6-15(14)19(17)23/h3-9,22H,1-2H3.